The van der Waals surface area contributed by atoms with Gasteiger partial charge >= 0.3 is 0 Å². The second-order valence-electron chi connectivity index (χ2n) is 5.86. The van der Waals surface area contributed by atoms with E-state index in [0.717, 1.165) is 0 Å². The Kier molecular flexibility index (Phi) is 6.80. The van der Waals surface area contributed by atoms with Gasteiger partial charge in [0.15, 0.2) is 0 Å². The monoisotopic (exact) mass is 269 g/mol. The summed E-state index contributed by atoms with van der Waals surface area (Å²) in [7, 11) is 8.73. The Labute approximate surface area is 119 Å². The smallest absolute Gasteiger partial charge is 0.246 e. The molecule has 2 aliphatic rings. The first-order chi connectivity index (χ1) is 9.01. The minimum absolute atomic E-state index is 0.699. The average Bonchev–Trinajstić information content (AvgIpc) is 2.87. The molecule has 0 radical (unpaired) electrons. The second-order valence-corrected chi connectivity index (χ2v) is 5.86. The summed E-state index contributed by atoms with van der Waals surface area (Å²) in [5, 5.41) is 0. The summed E-state index contributed by atoms with van der Waals surface area (Å²) >= 11 is 0. The fourth-order valence-electron chi connectivity index (χ4n) is 3.03. The first kappa shape index (κ1) is 16.4. The molecule has 0 amide bonds. The van der Waals surface area contributed by atoms with E-state index in [0.29, 0.717) is 6.17 Å². The zero-order valence-corrected chi connectivity index (χ0v) is 13.8. The van der Waals surface area contributed by atoms with E-state index in [-0.39, 0.29) is 0 Å². The maximum absolute atomic E-state index is 2.40. The number of nitrogens with zero attached hydrogens (tertiary/aromatic N) is 4. The number of rotatable bonds is 3. The van der Waals surface area contributed by atoms with Crippen LogP contribution in [0.2, 0.25) is 0 Å². The van der Waals surface area contributed by atoms with Crippen LogP contribution < -0.4 is 0 Å². The lowest BCUT2D eigenvalue weighted by atomic mass is 10.3. The lowest BCUT2D eigenvalue weighted by molar-refractivity contribution is -0.487. The molecule has 0 N–H and O–H groups in total. The van der Waals surface area contributed by atoms with Crippen molar-refractivity contribution in [2.45, 2.75) is 39.3 Å². The van der Waals surface area contributed by atoms with Crippen molar-refractivity contribution in [1.29, 1.82) is 0 Å². The molecular weight excluding hydrogens is 236 g/mol. The normalized spacial score (nSPS) is 22.1. The van der Waals surface area contributed by atoms with Gasteiger partial charge in [-0.3, -0.25) is 19.3 Å². The molecule has 0 aromatic carbocycles. The van der Waals surface area contributed by atoms with Crippen LogP contribution in [-0.4, -0.2) is 85.6 Å². The van der Waals surface area contributed by atoms with E-state index in [1.165, 1.54) is 51.3 Å². The fraction of sp³-hybridized carbons (Fsp3) is 0.933. The quantitative estimate of drug-likeness (QED) is 0.718. The highest BCUT2D eigenvalue weighted by Crippen LogP contribution is 2.11. The first-order valence-electron chi connectivity index (χ1n) is 7.69. The van der Waals surface area contributed by atoms with Gasteiger partial charge in [-0.25, -0.2) is 0 Å². The van der Waals surface area contributed by atoms with Crippen molar-refractivity contribution in [3.05, 3.63) is 0 Å². The van der Waals surface area contributed by atoms with Gasteiger partial charge < -0.3 is 0 Å². The van der Waals surface area contributed by atoms with Crippen molar-refractivity contribution in [3.63, 3.8) is 0 Å². The number of hydrogen-bond donors (Lipinski definition) is 0. The molecule has 0 atom stereocenters. The lowest BCUT2D eigenvalue weighted by Gasteiger charge is -2.22. The zero-order chi connectivity index (χ0) is 14.4. The van der Waals surface area contributed by atoms with Gasteiger partial charge in [-0.05, 0) is 26.9 Å². The molecule has 0 aromatic rings. The van der Waals surface area contributed by atoms with Crippen LogP contribution in [0.4, 0.5) is 0 Å². The van der Waals surface area contributed by atoms with Crippen molar-refractivity contribution >= 4 is 5.84 Å². The molecule has 1 saturated heterocycles. The molecule has 0 aliphatic carbocycles. The molecular formula is C15H33N4+. The molecule has 0 saturated carbocycles. The highest BCUT2D eigenvalue weighted by molar-refractivity contribution is 5.77. The summed E-state index contributed by atoms with van der Waals surface area (Å²) < 4.78 is 2.35. The molecule has 2 aliphatic heterocycles. The number of hydrogen-bond acceptors (Lipinski definition) is 3. The Morgan fingerprint density at radius 2 is 1.63 bits per heavy atom. The van der Waals surface area contributed by atoms with E-state index >= 15 is 0 Å². The highest BCUT2D eigenvalue weighted by atomic mass is 15.4. The predicted octanol–water partition coefficient (Wildman–Crippen LogP) is 1.37. The van der Waals surface area contributed by atoms with Crippen LogP contribution in [0.1, 0.15) is 33.1 Å². The lowest BCUT2D eigenvalue weighted by Crippen LogP contribution is -2.33. The third-order valence-electron chi connectivity index (χ3n) is 4.31. The van der Waals surface area contributed by atoms with Crippen molar-refractivity contribution in [1.82, 2.24) is 14.7 Å². The minimum atomic E-state index is 0.699. The van der Waals surface area contributed by atoms with E-state index in [4.69, 9.17) is 0 Å². The standard InChI is InChI=1S/C8H17N2.C7H16N2/c1-4-5-8-9(2)6-7-10(8)3;1-4-7-8(2)5-6-9(7)3/h4-7H2,1-3H3;7H,4-6H2,1-3H3/q+1;. The summed E-state index contributed by atoms with van der Waals surface area (Å²) in [5.41, 5.74) is 0. The van der Waals surface area contributed by atoms with Crippen molar-refractivity contribution in [2.24, 2.45) is 0 Å². The SMILES string of the molecule is CCC1N(C)CCN1C.CCCC1=[N+](C)CCN1C. The molecule has 0 aromatic heterocycles. The van der Waals surface area contributed by atoms with E-state index < -0.39 is 0 Å². The molecule has 4 heteroatoms. The predicted molar refractivity (Wildman–Crippen MR) is 82.9 cm³/mol. The second kappa shape index (κ2) is 7.85. The van der Waals surface area contributed by atoms with E-state index in [1.54, 1.807) is 0 Å². The zero-order valence-electron chi connectivity index (χ0n) is 13.8. The van der Waals surface area contributed by atoms with Gasteiger partial charge in [-0.15, -0.1) is 0 Å². The van der Waals surface area contributed by atoms with Gasteiger partial charge in [-0.2, -0.15) is 0 Å². The molecule has 4 nitrogen and oxygen atoms in total. The van der Waals surface area contributed by atoms with Gasteiger partial charge in [0.1, 0.15) is 13.1 Å². The van der Waals surface area contributed by atoms with Gasteiger partial charge in [-0.1, -0.05) is 13.8 Å². The Bertz CT molecular complexity index is 291. The van der Waals surface area contributed by atoms with Gasteiger partial charge in [0.2, 0.25) is 5.84 Å². The molecule has 112 valence electrons. The molecule has 2 rings (SSSR count). The van der Waals surface area contributed by atoms with Crippen molar-refractivity contribution < 1.29 is 4.58 Å². The van der Waals surface area contributed by atoms with Gasteiger partial charge in [0.05, 0.1) is 20.3 Å². The van der Waals surface area contributed by atoms with E-state index in [9.17, 15) is 0 Å². The third-order valence-corrected chi connectivity index (χ3v) is 4.31. The molecule has 2 heterocycles. The topological polar surface area (TPSA) is 12.7 Å². The van der Waals surface area contributed by atoms with Crippen LogP contribution in [0.3, 0.4) is 0 Å². The third kappa shape index (κ3) is 4.46. The summed E-state index contributed by atoms with van der Waals surface area (Å²) in [6, 6.07) is 0. The largest absolute Gasteiger partial charge is 0.290 e. The van der Waals surface area contributed by atoms with E-state index in [2.05, 4.69) is 61.3 Å². The van der Waals surface area contributed by atoms with Crippen LogP contribution in [0, 0.1) is 0 Å². The van der Waals surface area contributed by atoms with Crippen LogP contribution in [0.15, 0.2) is 0 Å². The molecule has 1 fully saturated rings. The highest BCUT2D eigenvalue weighted by Gasteiger charge is 2.23. The van der Waals surface area contributed by atoms with Crippen LogP contribution >= 0.6 is 0 Å². The minimum Gasteiger partial charge on any atom is -0.290 e. The summed E-state index contributed by atoms with van der Waals surface area (Å²) in [6.45, 7) is 9.33. The van der Waals surface area contributed by atoms with Crippen LogP contribution in [0.5, 0.6) is 0 Å². The molecule has 19 heavy (non-hydrogen) atoms. The number of likely N-dealkylation sites (N-methyl/N-ethyl adjacent to an activating group) is 4. The van der Waals surface area contributed by atoms with E-state index in [1.807, 2.05) is 0 Å². The van der Waals surface area contributed by atoms with Crippen molar-refractivity contribution in [2.75, 3.05) is 54.4 Å². The van der Waals surface area contributed by atoms with Gasteiger partial charge in [0.25, 0.3) is 0 Å². The average molecular weight is 269 g/mol. The number of amidine groups is 1. The van der Waals surface area contributed by atoms with Crippen molar-refractivity contribution in [3.8, 4) is 0 Å². The Morgan fingerprint density at radius 1 is 1.05 bits per heavy atom. The Morgan fingerprint density at radius 3 is 1.95 bits per heavy atom. The summed E-state index contributed by atoms with van der Waals surface area (Å²) in [6.07, 6.45) is 4.43. The first-order valence-corrected chi connectivity index (χ1v) is 7.69. The maximum Gasteiger partial charge on any atom is 0.246 e. The molecule has 0 unspecified atom stereocenters. The molecule has 0 spiro atoms. The maximum atomic E-state index is 2.40. The molecule has 0 bridgehead atoms. The fourth-order valence-corrected chi connectivity index (χ4v) is 3.03. The summed E-state index contributed by atoms with van der Waals surface area (Å²) in [5.74, 6) is 1.50. The van der Waals surface area contributed by atoms with Crippen LogP contribution in [-0.2, 0) is 0 Å². The summed E-state index contributed by atoms with van der Waals surface area (Å²) in [4.78, 5) is 7.16. The Hall–Kier alpha value is -0.610. The Balaban J connectivity index is 0.000000191. The van der Waals surface area contributed by atoms with Gasteiger partial charge in [0, 0.05) is 19.5 Å². The van der Waals surface area contributed by atoms with Crippen LogP contribution in [0.25, 0.3) is 0 Å².